The molecule has 1 aliphatic rings. The van der Waals surface area contributed by atoms with Crippen LogP contribution in [0.1, 0.15) is 40.5 Å². The summed E-state index contributed by atoms with van der Waals surface area (Å²) in [6, 6.07) is 1.28. The van der Waals surface area contributed by atoms with E-state index in [1.54, 1.807) is 0 Å². The van der Waals surface area contributed by atoms with E-state index in [9.17, 15) is 0 Å². The molecule has 96 valence electrons. The van der Waals surface area contributed by atoms with Gasteiger partial charge in [-0.1, -0.05) is 13.8 Å². The van der Waals surface area contributed by atoms with Crippen LogP contribution in [0.25, 0.3) is 0 Å². The highest BCUT2D eigenvalue weighted by atomic mass is 15.2. The molecule has 16 heavy (non-hydrogen) atoms. The van der Waals surface area contributed by atoms with E-state index in [2.05, 4.69) is 37.9 Å². The monoisotopic (exact) mass is 227 g/mol. The molecule has 3 nitrogen and oxygen atoms in total. The third-order valence-corrected chi connectivity index (χ3v) is 3.95. The highest BCUT2D eigenvalue weighted by Gasteiger charge is 2.33. The van der Waals surface area contributed by atoms with Crippen molar-refractivity contribution in [3.63, 3.8) is 0 Å². The van der Waals surface area contributed by atoms with Crippen LogP contribution in [0.5, 0.6) is 0 Å². The van der Waals surface area contributed by atoms with E-state index in [4.69, 9.17) is 5.73 Å². The summed E-state index contributed by atoms with van der Waals surface area (Å²) in [4.78, 5) is 2.48. The number of nitrogens with one attached hydrogen (secondary N) is 1. The Morgan fingerprint density at radius 3 is 2.50 bits per heavy atom. The summed E-state index contributed by atoms with van der Waals surface area (Å²) < 4.78 is 0. The molecule has 0 saturated carbocycles. The van der Waals surface area contributed by atoms with Gasteiger partial charge in [0, 0.05) is 25.2 Å². The molecule has 0 aromatic heterocycles. The summed E-state index contributed by atoms with van der Waals surface area (Å²) in [6.07, 6.45) is 2.54. The quantitative estimate of drug-likeness (QED) is 0.721. The second-order valence-electron chi connectivity index (χ2n) is 5.95. The topological polar surface area (TPSA) is 41.3 Å². The Hall–Kier alpha value is -0.120. The normalized spacial score (nSPS) is 24.6. The summed E-state index contributed by atoms with van der Waals surface area (Å²) in [5.41, 5.74) is 6.11. The molecule has 1 saturated heterocycles. The fourth-order valence-corrected chi connectivity index (χ4v) is 2.60. The van der Waals surface area contributed by atoms with Crippen LogP contribution in [0.15, 0.2) is 0 Å². The van der Waals surface area contributed by atoms with Crippen LogP contribution < -0.4 is 11.1 Å². The Morgan fingerprint density at radius 1 is 1.38 bits per heavy atom. The van der Waals surface area contributed by atoms with Gasteiger partial charge in [0.05, 0.1) is 0 Å². The van der Waals surface area contributed by atoms with Crippen molar-refractivity contribution in [1.82, 2.24) is 10.2 Å². The molecule has 0 spiro atoms. The summed E-state index contributed by atoms with van der Waals surface area (Å²) in [5.74, 6) is 0. The molecule has 1 fully saturated rings. The minimum atomic E-state index is 0.464. The second kappa shape index (κ2) is 5.99. The van der Waals surface area contributed by atoms with Gasteiger partial charge in [0.15, 0.2) is 0 Å². The molecule has 0 radical (unpaired) electrons. The highest BCUT2D eigenvalue weighted by Crippen LogP contribution is 2.31. The maximum Gasteiger partial charge on any atom is 0.0131 e. The average molecular weight is 227 g/mol. The van der Waals surface area contributed by atoms with Crippen LogP contribution in [0.3, 0.4) is 0 Å². The van der Waals surface area contributed by atoms with Crippen molar-refractivity contribution < 1.29 is 0 Å². The summed E-state index contributed by atoms with van der Waals surface area (Å²) in [5, 5.41) is 3.63. The molecule has 0 amide bonds. The standard InChI is InChI=1S/C13H29N3/c1-11(2)16(10-7-14)9-5-12-13(3,4)6-8-15-12/h11-12,15H,5-10,14H2,1-4H3. The lowest BCUT2D eigenvalue weighted by Crippen LogP contribution is -2.41. The minimum absolute atomic E-state index is 0.464. The molecular weight excluding hydrogens is 198 g/mol. The van der Waals surface area contributed by atoms with Gasteiger partial charge in [0.2, 0.25) is 0 Å². The third-order valence-electron chi connectivity index (χ3n) is 3.95. The van der Waals surface area contributed by atoms with E-state index < -0.39 is 0 Å². The van der Waals surface area contributed by atoms with Crippen LogP contribution in [-0.2, 0) is 0 Å². The van der Waals surface area contributed by atoms with Crippen LogP contribution in [-0.4, -0.2) is 43.2 Å². The van der Waals surface area contributed by atoms with E-state index in [-0.39, 0.29) is 0 Å². The first-order chi connectivity index (χ1) is 7.47. The van der Waals surface area contributed by atoms with E-state index in [0.717, 1.165) is 19.6 Å². The number of hydrogen-bond acceptors (Lipinski definition) is 3. The molecule has 1 aliphatic heterocycles. The summed E-state index contributed by atoms with van der Waals surface area (Å²) in [7, 11) is 0. The maximum absolute atomic E-state index is 5.65. The van der Waals surface area contributed by atoms with Crippen LogP contribution in [0.4, 0.5) is 0 Å². The van der Waals surface area contributed by atoms with E-state index >= 15 is 0 Å². The molecular formula is C13H29N3. The lowest BCUT2D eigenvalue weighted by molar-refractivity contribution is 0.196. The zero-order valence-electron chi connectivity index (χ0n) is 11.4. The maximum atomic E-state index is 5.65. The first kappa shape index (κ1) is 13.9. The average Bonchev–Trinajstić information content (AvgIpc) is 2.52. The summed E-state index contributed by atoms with van der Waals surface area (Å²) in [6.45, 7) is 13.4. The van der Waals surface area contributed by atoms with Gasteiger partial charge in [-0.2, -0.15) is 0 Å². The van der Waals surface area contributed by atoms with Crippen LogP contribution in [0, 0.1) is 5.41 Å². The molecule has 0 aromatic carbocycles. The predicted octanol–water partition coefficient (Wildman–Crippen LogP) is 1.43. The van der Waals surface area contributed by atoms with Gasteiger partial charge in [0.1, 0.15) is 0 Å². The van der Waals surface area contributed by atoms with Crippen LogP contribution >= 0.6 is 0 Å². The van der Waals surface area contributed by atoms with Crippen molar-refractivity contribution in [2.45, 2.75) is 52.6 Å². The van der Waals surface area contributed by atoms with Gasteiger partial charge in [-0.25, -0.2) is 0 Å². The first-order valence-electron chi connectivity index (χ1n) is 6.65. The van der Waals surface area contributed by atoms with Crippen molar-refractivity contribution in [3.8, 4) is 0 Å². The van der Waals surface area contributed by atoms with E-state index in [1.807, 2.05) is 0 Å². The Labute approximate surface area is 101 Å². The zero-order valence-corrected chi connectivity index (χ0v) is 11.4. The number of rotatable bonds is 6. The SMILES string of the molecule is CC(C)N(CCN)CCC1NCCC1(C)C. The Balaban J connectivity index is 2.37. The summed E-state index contributed by atoms with van der Waals surface area (Å²) >= 11 is 0. The fourth-order valence-electron chi connectivity index (χ4n) is 2.60. The van der Waals surface area contributed by atoms with Gasteiger partial charge in [-0.05, 0) is 45.2 Å². The highest BCUT2D eigenvalue weighted by molar-refractivity contribution is 4.91. The minimum Gasteiger partial charge on any atom is -0.329 e. The zero-order chi connectivity index (χ0) is 12.2. The molecule has 1 heterocycles. The number of hydrogen-bond donors (Lipinski definition) is 2. The van der Waals surface area contributed by atoms with E-state index in [0.29, 0.717) is 17.5 Å². The molecule has 0 aliphatic carbocycles. The third kappa shape index (κ3) is 3.72. The molecule has 0 aromatic rings. The molecule has 1 rings (SSSR count). The number of nitrogens with zero attached hydrogens (tertiary/aromatic N) is 1. The predicted molar refractivity (Wildman–Crippen MR) is 70.6 cm³/mol. The van der Waals surface area contributed by atoms with Crippen molar-refractivity contribution in [2.24, 2.45) is 11.1 Å². The van der Waals surface area contributed by atoms with Gasteiger partial charge >= 0.3 is 0 Å². The molecule has 0 bridgehead atoms. The Morgan fingerprint density at radius 2 is 2.06 bits per heavy atom. The molecule has 1 unspecified atom stereocenters. The van der Waals surface area contributed by atoms with Gasteiger partial charge in [-0.15, -0.1) is 0 Å². The largest absolute Gasteiger partial charge is 0.329 e. The van der Waals surface area contributed by atoms with Crippen molar-refractivity contribution in [1.29, 1.82) is 0 Å². The lowest BCUT2D eigenvalue weighted by Gasteiger charge is -2.31. The Kier molecular flexibility index (Phi) is 5.22. The fraction of sp³-hybridized carbons (Fsp3) is 1.00. The lowest BCUT2D eigenvalue weighted by atomic mass is 9.83. The van der Waals surface area contributed by atoms with Crippen LogP contribution in [0.2, 0.25) is 0 Å². The molecule has 3 heteroatoms. The van der Waals surface area contributed by atoms with E-state index in [1.165, 1.54) is 19.4 Å². The number of nitrogens with two attached hydrogens (primary N) is 1. The van der Waals surface area contributed by atoms with Gasteiger partial charge in [-0.3, -0.25) is 4.90 Å². The van der Waals surface area contributed by atoms with Crippen molar-refractivity contribution in [2.75, 3.05) is 26.2 Å². The first-order valence-corrected chi connectivity index (χ1v) is 6.65. The van der Waals surface area contributed by atoms with Gasteiger partial charge in [0.25, 0.3) is 0 Å². The molecule has 1 atom stereocenters. The molecule has 3 N–H and O–H groups in total. The Bertz CT molecular complexity index is 201. The van der Waals surface area contributed by atoms with Gasteiger partial charge < -0.3 is 11.1 Å². The smallest absolute Gasteiger partial charge is 0.0131 e. The van der Waals surface area contributed by atoms with Crippen molar-refractivity contribution in [3.05, 3.63) is 0 Å². The second-order valence-corrected chi connectivity index (χ2v) is 5.95. The van der Waals surface area contributed by atoms with Crippen molar-refractivity contribution >= 4 is 0 Å².